The minimum Gasteiger partial charge on any atom is -0.325 e. The molecule has 1 N–H and O–H groups in total. The molecule has 0 aliphatic rings. The molecule has 30 heavy (non-hydrogen) atoms. The second-order valence-corrected chi connectivity index (χ2v) is 7.88. The number of aryl methyl sites for hydroxylation is 2. The van der Waals surface area contributed by atoms with Crippen molar-refractivity contribution < 1.29 is 4.79 Å². The second kappa shape index (κ2) is 8.51. The number of carbonyl (C=O) groups is 1. The van der Waals surface area contributed by atoms with Crippen LogP contribution in [0.5, 0.6) is 0 Å². The molecule has 0 spiro atoms. The molecule has 2 aromatic heterocycles. The predicted octanol–water partition coefficient (Wildman–Crippen LogP) is 4.13. The zero-order chi connectivity index (χ0) is 21.1. The van der Waals surface area contributed by atoms with Crippen molar-refractivity contribution in [3.05, 3.63) is 88.7 Å². The average molecular weight is 417 g/mol. The Labute approximate surface area is 178 Å². The molecule has 2 heterocycles. The van der Waals surface area contributed by atoms with Gasteiger partial charge in [-0.1, -0.05) is 12.1 Å². The van der Waals surface area contributed by atoms with Crippen LogP contribution >= 0.6 is 11.8 Å². The molecule has 4 rings (SSSR count). The molecular formula is C23H20N4O2S. The Morgan fingerprint density at radius 3 is 2.60 bits per heavy atom. The molecule has 0 aliphatic heterocycles. The van der Waals surface area contributed by atoms with Crippen molar-refractivity contribution in [1.82, 2.24) is 14.5 Å². The third kappa shape index (κ3) is 4.11. The fourth-order valence-corrected chi connectivity index (χ4v) is 3.93. The van der Waals surface area contributed by atoms with Gasteiger partial charge in [0.1, 0.15) is 5.82 Å². The Hall–Kier alpha value is -3.45. The van der Waals surface area contributed by atoms with E-state index in [1.807, 2.05) is 62.4 Å². The van der Waals surface area contributed by atoms with Gasteiger partial charge < -0.3 is 5.32 Å². The van der Waals surface area contributed by atoms with Crippen molar-refractivity contribution >= 4 is 34.3 Å². The fourth-order valence-electron chi connectivity index (χ4n) is 3.24. The van der Waals surface area contributed by atoms with E-state index in [0.717, 1.165) is 21.8 Å². The van der Waals surface area contributed by atoms with Crippen molar-refractivity contribution in [1.29, 1.82) is 0 Å². The van der Waals surface area contributed by atoms with Gasteiger partial charge in [0.05, 0.1) is 22.3 Å². The van der Waals surface area contributed by atoms with Crippen LogP contribution in [-0.2, 0) is 4.79 Å². The van der Waals surface area contributed by atoms with Crippen LogP contribution < -0.4 is 10.9 Å². The summed E-state index contributed by atoms with van der Waals surface area (Å²) in [4.78, 5) is 34.8. The van der Waals surface area contributed by atoms with Crippen LogP contribution in [0, 0.1) is 13.8 Å². The highest BCUT2D eigenvalue weighted by molar-refractivity contribution is 8.00. The fraction of sp³-hybridized carbons (Fsp3) is 0.130. The topological polar surface area (TPSA) is 76.9 Å². The molecule has 2 aromatic carbocycles. The van der Waals surface area contributed by atoms with Gasteiger partial charge in [0, 0.05) is 23.0 Å². The lowest BCUT2D eigenvalue weighted by molar-refractivity contribution is -0.113. The lowest BCUT2D eigenvalue weighted by atomic mass is 10.1. The maximum Gasteiger partial charge on any atom is 0.265 e. The summed E-state index contributed by atoms with van der Waals surface area (Å²) in [5.74, 6) is 0.829. The normalized spacial score (nSPS) is 10.9. The van der Waals surface area contributed by atoms with Crippen LogP contribution in [0.25, 0.3) is 16.6 Å². The van der Waals surface area contributed by atoms with E-state index in [1.165, 1.54) is 11.8 Å². The molecule has 4 aromatic rings. The van der Waals surface area contributed by atoms with E-state index < -0.39 is 0 Å². The lowest BCUT2D eigenvalue weighted by Crippen LogP contribution is -2.22. The molecule has 0 atom stereocenters. The van der Waals surface area contributed by atoms with Gasteiger partial charge in [-0.15, -0.1) is 11.8 Å². The summed E-state index contributed by atoms with van der Waals surface area (Å²) < 4.78 is 1.60. The number of benzene rings is 2. The molecule has 6 nitrogen and oxygen atoms in total. The third-order valence-corrected chi connectivity index (χ3v) is 5.72. The highest BCUT2D eigenvalue weighted by atomic mass is 32.2. The van der Waals surface area contributed by atoms with Crippen LogP contribution in [-0.4, -0.2) is 26.2 Å². The zero-order valence-electron chi connectivity index (χ0n) is 16.6. The number of hydrogen-bond donors (Lipinski definition) is 1. The van der Waals surface area contributed by atoms with Crippen LogP contribution in [0.4, 0.5) is 5.69 Å². The Kier molecular flexibility index (Phi) is 5.63. The van der Waals surface area contributed by atoms with E-state index in [2.05, 4.69) is 15.3 Å². The summed E-state index contributed by atoms with van der Waals surface area (Å²) in [6, 6.07) is 16.6. The number of fused-ring (bicyclic) bond motifs is 1. The number of para-hydroxylation sites is 1. The molecule has 7 heteroatoms. The number of rotatable bonds is 5. The van der Waals surface area contributed by atoms with Gasteiger partial charge in [0.25, 0.3) is 5.56 Å². The molecule has 0 fully saturated rings. The van der Waals surface area contributed by atoms with Gasteiger partial charge in [0.15, 0.2) is 0 Å². The van der Waals surface area contributed by atoms with Crippen molar-refractivity contribution in [2.75, 3.05) is 11.1 Å². The highest BCUT2D eigenvalue weighted by Gasteiger charge is 2.12. The average Bonchev–Trinajstić information content (AvgIpc) is 2.75. The molecule has 0 bridgehead atoms. The molecule has 0 radical (unpaired) electrons. The Bertz CT molecular complexity index is 1290. The number of anilines is 1. The van der Waals surface area contributed by atoms with E-state index in [4.69, 9.17) is 0 Å². The predicted molar refractivity (Wildman–Crippen MR) is 120 cm³/mol. The molecule has 1 amide bonds. The lowest BCUT2D eigenvalue weighted by Gasteiger charge is -2.14. The quantitative estimate of drug-likeness (QED) is 0.495. The third-order valence-electron chi connectivity index (χ3n) is 4.71. The number of thioether (sulfide) groups is 1. The molecule has 150 valence electrons. The highest BCUT2D eigenvalue weighted by Crippen LogP contribution is 2.21. The number of amides is 1. The standard InChI is InChI=1S/C23H20N4O2S/c1-15-13-17(27-16(2)25-21-6-4-3-5-19(21)23(27)29)7-8-20(15)26-22(28)14-30-18-9-11-24-12-10-18/h3-13H,14H2,1-2H3,(H,26,28). The number of hydrogen-bond acceptors (Lipinski definition) is 5. The van der Waals surface area contributed by atoms with Gasteiger partial charge in [0.2, 0.25) is 5.91 Å². The first-order chi connectivity index (χ1) is 14.5. The molecular weight excluding hydrogens is 396 g/mol. The smallest absolute Gasteiger partial charge is 0.265 e. The van der Waals surface area contributed by atoms with Gasteiger partial charge >= 0.3 is 0 Å². The van der Waals surface area contributed by atoms with Gasteiger partial charge in [-0.2, -0.15) is 0 Å². The minimum atomic E-state index is -0.108. The first-order valence-corrected chi connectivity index (χ1v) is 10.4. The van der Waals surface area contributed by atoms with Crippen molar-refractivity contribution in [2.24, 2.45) is 0 Å². The van der Waals surface area contributed by atoms with Gasteiger partial charge in [-0.05, 0) is 61.9 Å². The van der Waals surface area contributed by atoms with Crippen molar-refractivity contribution in [3.8, 4) is 5.69 Å². The van der Waals surface area contributed by atoms with Gasteiger partial charge in [-0.25, -0.2) is 4.98 Å². The number of pyridine rings is 1. The largest absolute Gasteiger partial charge is 0.325 e. The van der Waals surface area contributed by atoms with E-state index in [-0.39, 0.29) is 11.5 Å². The van der Waals surface area contributed by atoms with E-state index in [1.54, 1.807) is 23.0 Å². The van der Waals surface area contributed by atoms with E-state index in [0.29, 0.717) is 22.5 Å². The number of nitrogens with zero attached hydrogens (tertiary/aromatic N) is 3. The summed E-state index contributed by atoms with van der Waals surface area (Å²) in [6.07, 6.45) is 3.41. The number of nitrogens with one attached hydrogen (secondary N) is 1. The van der Waals surface area contributed by atoms with Crippen molar-refractivity contribution in [3.63, 3.8) is 0 Å². The first-order valence-electron chi connectivity index (χ1n) is 9.45. The Balaban J connectivity index is 1.56. The first kappa shape index (κ1) is 19.8. The second-order valence-electron chi connectivity index (χ2n) is 6.84. The summed E-state index contributed by atoms with van der Waals surface area (Å²) in [7, 11) is 0. The summed E-state index contributed by atoms with van der Waals surface area (Å²) in [5.41, 5.74) is 2.89. The van der Waals surface area contributed by atoms with Gasteiger partial charge in [-0.3, -0.25) is 19.1 Å². The van der Waals surface area contributed by atoms with E-state index >= 15 is 0 Å². The molecule has 0 saturated heterocycles. The molecule has 0 saturated carbocycles. The zero-order valence-corrected chi connectivity index (χ0v) is 17.4. The summed E-state index contributed by atoms with van der Waals surface area (Å²) in [5, 5.41) is 3.51. The summed E-state index contributed by atoms with van der Waals surface area (Å²) >= 11 is 1.45. The van der Waals surface area contributed by atoms with Crippen LogP contribution in [0.3, 0.4) is 0 Å². The van der Waals surface area contributed by atoms with Crippen LogP contribution in [0.15, 0.2) is 76.7 Å². The van der Waals surface area contributed by atoms with Crippen LogP contribution in [0.2, 0.25) is 0 Å². The maximum atomic E-state index is 13.0. The Morgan fingerprint density at radius 2 is 1.83 bits per heavy atom. The SMILES string of the molecule is Cc1cc(-n2c(C)nc3ccccc3c2=O)ccc1NC(=O)CSc1ccncc1. The number of aromatic nitrogens is 3. The maximum absolute atomic E-state index is 13.0. The van der Waals surface area contributed by atoms with Crippen LogP contribution in [0.1, 0.15) is 11.4 Å². The minimum absolute atomic E-state index is 0.0895. The van der Waals surface area contributed by atoms with E-state index in [9.17, 15) is 9.59 Å². The Morgan fingerprint density at radius 1 is 1.07 bits per heavy atom. The monoisotopic (exact) mass is 416 g/mol. The summed E-state index contributed by atoms with van der Waals surface area (Å²) in [6.45, 7) is 3.72. The van der Waals surface area contributed by atoms with Crippen molar-refractivity contribution in [2.45, 2.75) is 18.7 Å². The number of carbonyl (C=O) groups excluding carboxylic acids is 1. The molecule has 0 aliphatic carbocycles. The molecule has 0 unspecified atom stereocenters.